The molecular weight excluding hydrogens is 668 g/mol. The summed E-state index contributed by atoms with van der Waals surface area (Å²) in [4.78, 5) is 26.2. The van der Waals surface area contributed by atoms with Gasteiger partial charge in [0.2, 0.25) is 12.5 Å². The first kappa shape index (κ1) is 34.1. The number of esters is 1. The van der Waals surface area contributed by atoms with Gasteiger partial charge in [-0.3, -0.25) is 4.79 Å². The van der Waals surface area contributed by atoms with E-state index in [1.54, 1.807) is 19.1 Å². The van der Waals surface area contributed by atoms with Crippen LogP contribution in [0.5, 0.6) is 28.7 Å². The average Bonchev–Trinajstić information content (AvgIpc) is 3.72. The largest absolute Gasteiger partial charge is 0.493 e. The summed E-state index contributed by atoms with van der Waals surface area (Å²) < 4.78 is 58.3. The Balaban J connectivity index is 1.25. The van der Waals surface area contributed by atoms with Crippen LogP contribution in [0.4, 0.5) is 4.79 Å². The smallest absolute Gasteiger partial charge is 0.373 e. The van der Waals surface area contributed by atoms with Crippen LogP contribution in [-0.4, -0.2) is 110 Å². The molecule has 3 fully saturated rings. The van der Waals surface area contributed by atoms with Gasteiger partial charge in [-0.05, 0) is 59.6 Å². The zero-order valence-corrected chi connectivity index (χ0v) is 27.8. The second-order valence-electron chi connectivity index (χ2n) is 12.4. The molecule has 10 atom stereocenters. The van der Waals surface area contributed by atoms with Gasteiger partial charge in [-0.1, -0.05) is 0 Å². The maximum Gasteiger partial charge on any atom is 0.373 e. The van der Waals surface area contributed by atoms with Crippen LogP contribution in [0, 0.1) is 11.8 Å². The summed E-state index contributed by atoms with van der Waals surface area (Å²) in [5, 5.41) is 29.0. The molecule has 0 bridgehead atoms. The van der Waals surface area contributed by atoms with Crippen molar-refractivity contribution >= 4 is 23.0 Å². The predicted octanol–water partition coefficient (Wildman–Crippen LogP) is 2.25. The van der Waals surface area contributed by atoms with E-state index in [1.165, 1.54) is 14.2 Å². The fourth-order valence-corrected chi connectivity index (χ4v) is 7.73. The van der Waals surface area contributed by atoms with Gasteiger partial charge >= 0.3 is 11.3 Å². The molecule has 0 spiro atoms. The number of fused-ring (bicyclic) bond motifs is 4. The first-order valence-electron chi connectivity index (χ1n) is 15.9. The normalized spacial score (nSPS) is 32.0. The van der Waals surface area contributed by atoms with E-state index in [1.807, 2.05) is 12.1 Å². The van der Waals surface area contributed by atoms with E-state index in [2.05, 4.69) is 0 Å². The minimum absolute atomic E-state index is 0.00888. The van der Waals surface area contributed by atoms with E-state index in [9.17, 15) is 19.8 Å². The van der Waals surface area contributed by atoms with Crippen LogP contribution in [0.15, 0.2) is 24.3 Å². The lowest BCUT2D eigenvalue weighted by Crippen LogP contribution is -2.56. The van der Waals surface area contributed by atoms with E-state index in [-0.39, 0.29) is 49.4 Å². The molecule has 1 aliphatic carbocycles. The molecule has 3 saturated heterocycles. The molecule has 2 aromatic rings. The van der Waals surface area contributed by atoms with Gasteiger partial charge in [0.05, 0.1) is 58.3 Å². The van der Waals surface area contributed by atoms with Gasteiger partial charge < -0.3 is 62.7 Å². The van der Waals surface area contributed by atoms with Crippen molar-refractivity contribution in [2.24, 2.45) is 11.8 Å². The lowest BCUT2D eigenvalue weighted by atomic mass is 9.66. The van der Waals surface area contributed by atoms with Crippen LogP contribution < -0.4 is 23.7 Å². The number of carbonyl (C=O) groups excluding carboxylic acids is 2. The maximum atomic E-state index is 13.6. The van der Waals surface area contributed by atoms with Crippen molar-refractivity contribution in [3.05, 3.63) is 41.0 Å². The molecular formula is C33H38O15S. The van der Waals surface area contributed by atoms with Crippen LogP contribution >= 0.6 is 11.8 Å². The number of rotatable bonds is 9. The monoisotopic (exact) mass is 706 g/mol. The van der Waals surface area contributed by atoms with Gasteiger partial charge in [0, 0.05) is 24.0 Å². The maximum absolute atomic E-state index is 13.6. The number of hydrogen-bond donors (Lipinski definition) is 3. The Hall–Kier alpha value is -3.35. The van der Waals surface area contributed by atoms with Crippen molar-refractivity contribution in [2.45, 2.75) is 62.4 Å². The summed E-state index contributed by atoms with van der Waals surface area (Å²) in [5.74, 6) is -0.933. The number of thioether (sulfide) groups is 1. The van der Waals surface area contributed by atoms with Crippen LogP contribution in [0.25, 0.3) is 0 Å². The highest BCUT2D eigenvalue weighted by atomic mass is 32.2. The van der Waals surface area contributed by atoms with Crippen LogP contribution in [0.2, 0.25) is 0 Å². The second kappa shape index (κ2) is 14.1. The molecule has 15 nitrogen and oxygen atoms in total. The molecule has 4 aliphatic heterocycles. The third-order valence-electron chi connectivity index (χ3n) is 9.40. The summed E-state index contributed by atoms with van der Waals surface area (Å²) in [7, 11) is 2.82. The summed E-state index contributed by atoms with van der Waals surface area (Å²) in [5.41, 5.74) is 2.05. The van der Waals surface area contributed by atoms with E-state index in [4.69, 9.17) is 52.5 Å². The molecule has 0 aromatic heterocycles. The molecule has 2 aromatic carbocycles. The third-order valence-corrected chi connectivity index (χ3v) is 10.3. The van der Waals surface area contributed by atoms with Gasteiger partial charge in [-0.15, -0.1) is 0 Å². The molecule has 3 unspecified atom stereocenters. The second-order valence-corrected chi connectivity index (χ2v) is 13.3. The van der Waals surface area contributed by atoms with Gasteiger partial charge in [0.1, 0.15) is 12.2 Å². The predicted molar refractivity (Wildman–Crippen MR) is 167 cm³/mol. The molecule has 266 valence electrons. The summed E-state index contributed by atoms with van der Waals surface area (Å²) >= 11 is 0.687. The Morgan fingerprint density at radius 1 is 1.02 bits per heavy atom. The molecule has 0 radical (unpaired) electrons. The highest BCUT2D eigenvalue weighted by Gasteiger charge is 2.54. The minimum Gasteiger partial charge on any atom is -0.493 e. The topological polar surface area (TPSA) is 187 Å². The van der Waals surface area contributed by atoms with E-state index >= 15 is 0 Å². The summed E-state index contributed by atoms with van der Waals surface area (Å²) in [6, 6.07) is 7.01. The number of cyclic esters (lactones) is 1. The number of aliphatic hydroxyl groups is 3. The van der Waals surface area contributed by atoms with Gasteiger partial charge in [-0.25, -0.2) is 4.79 Å². The van der Waals surface area contributed by atoms with Gasteiger partial charge in [0.25, 0.3) is 0 Å². The number of hydrogen-bond acceptors (Lipinski definition) is 16. The van der Waals surface area contributed by atoms with Crippen molar-refractivity contribution in [1.82, 2.24) is 0 Å². The van der Waals surface area contributed by atoms with Crippen LogP contribution in [-0.2, 0) is 28.5 Å². The first-order chi connectivity index (χ1) is 23.7. The third kappa shape index (κ3) is 6.52. The molecule has 0 amide bonds. The standard InChI is InChI=1S/C33H38O15S/c1-14-41-11-25-30(45-14)20(36)8-26(46-25)47-29-18-7-22-21(43-13-44-22)6-17(18)27(28-19(29)10-42-32(28)37)15-4-23(39-2)31(24(5-15)40-3)48-33(38)49-12-16(35)9-34/h4-7,14,16,19-20,25-30,34-36H,8-13H2,1-3H3/t14-,16?,19?,20-,25-,26+,27-,28+,29?,30+/m1/s1. The highest BCUT2D eigenvalue weighted by Crippen LogP contribution is 2.57. The van der Waals surface area contributed by atoms with Gasteiger partial charge in [-0.2, -0.15) is 0 Å². The molecule has 3 N–H and O–H groups in total. The fraction of sp³-hybridized carbons (Fsp3) is 0.576. The Morgan fingerprint density at radius 3 is 2.43 bits per heavy atom. The van der Waals surface area contributed by atoms with Crippen molar-refractivity contribution in [1.29, 1.82) is 0 Å². The van der Waals surface area contributed by atoms with Crippen molar-refractivity contribution in [2.75, 3.05) is 46.6 Å². The Labute approximate surface area is 285 Å². The first-order valence-corrected chi connectivity index (χ1v) is 16.9. The lowest BCUT2D eigenvalue weighted by molar-refractivity contribution is -0.338. The highest BCUT2D eigenvalue weighted by molar-refractivity contribution is 8.13. The number of ether oxygens (including phenoxy) is 10. The number of aliphatic hydroxyl groups excluding tert-OH is 3. The molecule has 7 rings (SSSR count). The Morgan fingerprint density at radius 2 is 1.73 bits per heavy atom. The van der Waals surface area contributed by atoms with E-state index < -0.39 is 78.7 Å². The van der Waals surface area contributed by atoms with Crippen molar-refractivity contribution < 1.29 is 72.3 Å². The quantitative estimate of drug-likeness (QED) is 0.322. The van der Waals surface area contributed by atoms with E-state index in [0.717, 1.165) is 5.56 Å². The Kier molecular flexibility index (Phi) is 9.82. The molecule has 49 heavy (non-hydrogen) atoms. The molecule has 16 heteroatoms. The van der Waals surface area contributed by atoms with Crippen molar-refractivity contribution in [3.63, 3.8) is 0 Å². The fourth-order valence-electron chi connectivity index (χ4n) is 7.16. The van der Waals surface area contributed by atoms with Crippen LogP contribution in [0.1, 0.15) is 42.1 Å². The average molecular weight is 707 g/mol. The lowest BCUT2D eigenvalue weighted by Gasteiger charge is -2.45. The number of benzene rings is 2. The number of carbonyl (C=O) groups is 2. The zero-order chi connectivity index (χ0) is 34.4. The van der Waals surface area contributed by atoms with Crippen LogP contribution in [0.3, 0.4) is 0 Å². The molecule has 5 aliphatic rings. The summed E-state index contributed by atoms with van der Waals surface area (Å²) in [6.07, 6.45) is -4.89. The minimum atomic E-state index is -1.09. The van der Waals surface area contributed by atoms with E-state index in [0.29, 0.717) is 34.4 Å². The molecule has 4 heterocycles. The SMILES string of the molecule is COc1cc([C@@H]2c3cc4c(cc3C(O[C@H]3C[C@@H](O)[C@@H]5O[C@H](C)OC[C@H]5O3)C3COC(=O)[C@@H]32)OCO4)cc(OC)c1OC(=O)SCC(O)CO. The Bertz CT molecular complexity index is 1540. The zero-order valence-electron chi connectivity index (χ0n) is 27.0. The summed E-state index contributed by atoms with van der Waals surface area (Å²) in [6.45, 7) is 1.60. The van der Waals surface area contributed by atoms with Crippen molar-refractivity contribution in [3.8, 4) is 28.7 Å². The van der Waals surface area contributed by atoms with Gasteiger partial charge in [0.15, 0.2) is 35.6 Å². The molecule has 0 saturated carbocycles. The number of methoxy groups -OCH3 is 2.